The number of aromatic hydroxyl groups is 1. The van der Waals surface area contributed by atoms with Crippen LogP contribution in [0.25, 0.3) is 0 Å². The lowest BCUT2D eigenvalue weighted by Gasteiger charge is -2.28. The van der Waals surface area contributed by atoms with E-state index in [1.165, 1.54) is 5.57 Å². The van der Waals surface area contributed by atoms with Crippen LogP contribution in [0.4, 0.5) is 0 Å². The summed E-state index contributed by atoms with van der Waals surface area (Å²) in [6.45, 7) is 4.59. The lowest BCUT2D eigenvalue weighted by Crippen LogP contribution is -2.23. The third kappa shape index (κ3) is 2.87. The van der Waals surface area contributed by atoms with E-state index in [9.17, 15) is 5.11 Å². The van der Waals surface area contributed by atoms with Gasteiger partial charge in [0.1, 0.15) is 23.4 Å². The fraction of sp³-hybridized carbons (Fsp3) is 0.364. The van der Waals surface area contributed by atoms with Gasteiger partial charge in [-0.2, -0.15) is 0 Å². The van der Waals surface area contributed by atoms with Crippen LogP contribution in [-0.2, 0) is 6.42 Å². The Balaban J connectivity index is 1.80. The van der Waals surface area contributed by atoms with Crippen LogP contribution in [0.2, 0.25) is 0 Å². The minimum Gasteiger partial charge on any atom is -0.504 e. The lowest BCUT2D eigenvalue weighted by molar-refractivity contribution is 0.138. The van der Waals surface area contributed by atoms with E-state index in [1.54, 1.807) is 20.3 Å². The Hall–Kier alpha value is -2.82. The zero-order valence-corrected chi connectivity index (χ0v) is 16.0. The van der Waals surface area contributed by atoms with E-state index in [1.807, 2.05) is 32.0 Å². The molecule has 0 saturated heterocycles. The summed E-state index contributed by atoms with van der Waals surface area (Å²) in [6.07, 6.45) is 2.60. The summed E-state index contributed by atoms with van der Waals surface area (Å²) in [7, 11) is 3.21. The SMILES string of the molecule is COc1ccc2c(c1)OC[C@H]1c3cc(O)c(OC)c(CC=C(C)C)c3O[C@@H]21. The lowest BCUT2D eigenvalue weighted by atomic mass is 9.88. The van der Waals surface area contributed by atoms with Gasteiger partial charge in [-0.15, -0.1) is 0 Å². The molecule has 0 unspecified atom stereocenters. The standard InChI is InChI=1S/C22H24O5/c1-12(2)5-7-15-21-16(10-18(23)22(15)25-4)17-11-26-19-9-13(24-3)6-8-14(19)20(17)27-21/h5-6,8-10,17,20,23H,7,11H2,1-4H3/t17-,20-/m0/s1. The quantitative estimate of drug-likeness (QED) is 0.804. The number of hydrogen-bond donors (Lipinski definition) is 1. The number of rotatable bonds is 4. The third-order valence-electron chi connectivity index (χ3n) is 5.21. The minimum atomic E-state index is -0.147. The molecular weight excluding hydrogens is 344 g/mol. The molecule has 0 aliphatic carbocycles. The van der Waals surface area contributed by atoms with Crippen molar-refractivity contribution in [2.24, 2.45) is 0 Å². The second kappa shape index (κ2) is 6.72. The molecule has 5 nitrogen and oxygen atoms in total. The predicted octanol–water partition coefficient (Wildman–Crippen LogP) is 4.53. The smallest absolute Gasteiger partial charge is 0.167 e. The van der Waals surface area contributed by atoms with Crippen LogP contribution >= 0.6 is 0 Å². The summed E-state index contributed by atoms with van der Waals surface area (Å²) in [4.78, 5) is 0. The molecule has 0 radical (unpaired) electrons. The van der Waals surface area contributed by atoms with Crippen molar-refractivity contribution in [1.82, 2.24) is 0 Å². The van der Waals surface area contributed by atoms with E-state index in [2.05, 4.69) is 6.08 Å². The zero-order chi connectivity index (χ0) is 19.1. The fourth-order valence-corrected chi connectivity index (χ4v) is 3.86. The van der Waals surface area contributed by atoms with Gasteiger partial charge in [0.2, 0.25) is 0 Å². The van der Waals surface area contributed by atoms with Crippen molar-refractivity contribution in [2.45, 2.75) is 32.3 Å². The second-order valence-electron chi connectivity index (χ2n) is 7.17. The molecule has 0 aromatic heterocycles. The molecule has 0 fully saturated rings. The van der Waals surface area contributed by atoms with Crippen LogP contribution < -0.4 is 18.9 Å². The molecule has 2 aromatic rings. The summed E-state index contributed by atoms with van der Waals surface area (Å²) in [5.41, 5.74) is 4.04. The largest absolute Gasteiger partial charge is 0.504 e. The van der Waals surface area contributed by atoms with Crippen LogP contribution in [0, 0.1) is 0 Å². The Bertz CT molecular complexity index is 911. The van der Waals surface area contributed by atoms with E-state index in [-0.39, 0.29) is 17.8 Å². The first-order valence-electron chi connectivity index (χ1n) is 9.07. The van der Waals surface area contributed by atoms with Gasteiger partial charge in [0.05, 0.1) is 26.7 Å². The Morgan fingerprint density at radius 1 is 1.19 bits per heavy atom. The van der Waals surface area contributed by atoms with Crippen LogP contribution in [0.1, 0.15) is 42.6 Å². The van der Waals surface area contributed by atoms with Crippen LogP contribution in [0.15, 0.2) is 35.9 Å². The van der Waals surface area contributed by atoms with Crippen LogP contribution in [0.5, 0.6) is 28.7 Å². The summed E-state index contributed by atoms with van der Waals surface area (Å²) in [5.74, 6) is 2.98. The van der Waals surface area contributed by atoms with Crippen molar-refractivity contribution < 1.29 is 24.1 Å². The molecule has 0 saturated carbocycles. The van der Waals surface area contributed by atoms with Crippen LogP contribution in [-0.4, -0.2) is 25.9 Å². The maximum absolute atomic E-state index is 10.5. The van der Waals surface area contributed by atoms with Crippen molar-refractivity contribution in [3.05, 3.63) is 52.6 Å². The molecule has 2 aromatic carbocycles. The third-order valence-corrected chi connectivity index (χ3v) is 5.21. The van der Waals surface area contributed by atoms with Crippen LogP contribution in [0.3, 0.4) is 0 Å². The van der Waals surface area contributed by atoms with Gasteiger partial charge in [-0.05, 0) is 38.5 Å². The molecule has 2 aliphatic heterocycles. The van der Waals surface area contributed by atoms with Crippen molar-refractivity contribution in [1.29, 1.82) is 0 Å². The average molecular weight is 368 g/mol. The van der Waals surface area contributed by atoms with Crippen molar-refractivity contribution in [3.63, 3.8) is 0 Å². The number of methoxy groups -OCH3 is 2. The van der Waals surface area contributed by atoms with Gasteiger partial charge in [-0.1, -0.05) is 11.6 Å². The number of benzene rings is 2. The monoisotopic (exact) mass is 368 g/mol. The Kier molecular flexibility index (Phi) is 4.38. The maximum atomic E-state index is 10.5. The summed E-state index contributed by atoms with van der Waals surface area (Å²) >= 11 is 0. The topological polar surface area (TPSA) is 57.2 Å². The van der Waals surface area contributed by atoms with E-state index < -0.39 is 0 Å². The first-order valence-corrected chi connectivity index (χ1v) is 9.07. The molecule has 4 rings (SSSR count). The molecule has 5 heteroatoms. The summed E-state index contributed by atoms with van der Waals surface area (Å²) < 4.78 is 23.2. The van der Waals surface area contributed by atoms with Gasteiger partial charge in [-0.25, -0.2) is 0 Å². The molecule has 0 amide bonds. The van der Waals surface area contributed by atoms with Crippen molar-refractivity contribution in [3.8, 4) is 28.7 Å². The van der Waals surface area contributed by atoms with Gasteiger partial charge >= 0.3 is 0 Å². The van der Waals surface area contributed by atoms with E-state index >= 15 is 0 Å². The van der Waals surface area contributed by atoms with Gasteiger partial charge in [0.25, 0.3) is 0 Å². The summed E-state index contributed by atoms with van der Waals surface area (Å²) in [6, 6.07) is 7.55. The predicted molar refractivity (Wildman–Crippen MR) is 102 cm³/mol. The Morgan fingerprint density at radius 2 is 2.00 bits per heavy atom. The van der Waals surface area contributed by atoms with Crippen molar-refractivity contribution in [2.75, 3.05) is 20.8 Å². The Morgan fingerprint density at radius 3 is 2.70 bits per heavy atom. The highest BCUT2D eigenvalue weighted by atomic mass is 16.5. The Labute approximate surface area is 159 Å². The number of phenolic OH excluding ortho intramolecular Hbond substituents is 1. The number of hydrogen-bond acceptors (Lipinski definition) is 5. The van der Waals surface area contributed by atoms with E-state index in [0.717, 1.165) is 33.9 Å². The van der Waals surface area contributed by atoms with Gasteiger partial charge in [0, 0.05) is 22.8 Å². The summed E-state index contributed by atoms with van der Waals surface area (Å²) in [5, 5.41) is 10.5. The molecule has 27 heavy (non-hydrogen) atoms. The molecule has 2 atom stereocenters. The molecular formula is C22H24O5. The molecule has 0 spiro atoms. The normalized spacial score (nSPS) is 19.1. The number of fused-ring (bicyclic) bond motifs is 5. The molecule has 142 valence electrons. The van der Waals surface area contributed by atoms with Gasteiger partial charge in [0.15, 0.2) is 11.5 Å². The number of allylic oxidation sites excluding steroid dienone is 2. The first kappa shape index (κ1) is 17.6. The highest BCUT2D eigenvalue weighted by Gasteiger charge is 2.43. The average Bonchev–Trinajstić information content (AvgIpc) is 3.03. The highest BCUT2D eigenvalue weighted by Crippen LogP contribution is 2.55. The van der Waals surface area contributed by atoms with Gasteiger partial charge in [-0.3, -0.25) is 0 Å². The maximum Gasteiger partial charge on any atom is 0.167 e. The second-order valence-corrected chi connectivity index (χ2v) is 7.17. The van der Waals surface area contributed by atoms with Gasteiger partial charge < -0.3 is 24.1 Å². The molecule has 2 heterocycles. The minimum absolute atomic E-state index is 0.0307. The molecule has 0 bridgehead atoms. The number of phenols is 1. The highest BCUT2D eigenvalue weighted by molar-refractivity contribution is 5.62. The van der Waals surface area contributed by atoms with E-state index in [0.29, 0.717) is 18.8 Å². The zero-order valence-electron chi connectivity index (χ0n) is 16.0. The van der Waals surface area contributed by atoms with E-state index in [4.69, 9.17) is 18.9 Å². The molecule has 1 N–H and O–H groups in total. The van der Waals surface area contributed by atoms with Crippen molar-refractivity contribution >= 4 is 0 Å². The fourth-order valence-electron chi connectivity index (χ4n) is 3.86. The number of ether oxygens (including phenoxy) is 4. The first-order chi connectivity index (χ1) is 13.0. The molecule has 2 aliphatic rings.